The summed E-state index contributed by atoms with van der Waals surface area (Å²) < 4.78 is 5.48. The van der Waals surface area contributed by atoms with Crippen LogP contribution in [0.2, 0.25) is 0 Å². The summed E-state index contributed by atoms with van der Waals surface area (Å²) in [4.78, 5) is 12.6. The van der Waals surface area contributed by atoms with Crippen LogP contribution in [0.4, 0.5) is 0 Å². The van der Waals surface area contributed by atoms with Crippen molar-refractivity contribution in [3.8, 4) is 5.75 Å². The van der Waals surface area contributed by atoms with E-state index in [4.69, 9.17) is 4.74 Å². The highest BCUT2D eigenvalue weighted by atomic mass is 16.5. The molecule has 2 aliphatic carbocycles. The van der Waals surface area contributed by atoms with Crippen LogP contribution in [0.1, 0.15) is 45.7 Å². The number of Topliss-reactive ketones (excluding diaryl/α,β-unsaturated/α-hetero) is 1. The van der Waals surface area contributed by atoms with Crippen molar-refractivity contribution in [2.45, 2.75) is 24.7 Å². The molecular formula is C24H22N2O2. The van der Waals surface area contributed by atoms with Gasteiger partial charge in [-0.1, -0.05) is 54.6 Å². The van der Waals surface area contributed by atoms with Crippen LogP contribution in [0.3, 0.4) is 0 Å². The SMILES string of the molecule is COc1cccc(C2(c3ccccc3)C=Cc3c(C(=O)C4CC4)n[nH]c3C2)c1. The topological polar surface area (TPSA) is 55.0 Å². The highest BCUT2D eigenvalue weighted by Crippen LogP contribution is 2.43. The van der Waals surface area contributed by atoms with Gasteiger partial charge in [0.25, 0.3) is 0 Å². The number of ketones is 1. The summed E-state index contributed by atoms with van der Waals surface area (Å²) in [6.45, 7) is 0. The van der Waals surface area contributed by atoms with Crippen LogP contribution in [0, 0.1) is 5.92 Å². The van der Waals surface area contributed by atoms with Gasteiger partial charge < -0.3 is 4.74 Å². The number of allylic oxidation sites excluding steroid dienone is 1. The van der Waals surface area contributed by atoms with Crippen LogP contribution in [0.5, 0.6) is 5.75 Å². The molecule has 0 spiro atoms. The fourth-order valence-corrected chi connectivity index (χ4v) is 4.19. The lowest BCUT2D eigenvalue weighted by Crippen LogP contribution is -2.30. The van der Waals surface area contributed by atoms with Crippen molar-refractivity contribution < 1.29 is 9.53 Å². The van der Waals surface area contributed by atoms with Crippen LogP contribution in [-0.2, 0) is 11.8 Å². The quantitative estimate of drug-likeness (QED) is 0.670. The smallest absolute Gasteiger partial charge is 0.186 e. The van der Waals surface area contributed by atoms with Crippen molar-refractivity contribution >= 4 is 11.9 Å². The number of rotatable bonds is 5. The highest BCUT2D eigenvalue weighted by Gasteiger charge is 2.39. The third-order valence-electron chi connectivity index (χ3n) is 5.93. The van der Waals surface area contributed by atoms with Crippen LogP contribution in [0.25, 0.3) is 6.08 Å². The summed E-state index contributed by atoms with van der Waals surface area (Å²) in [5.41, 5.74) is 4.58. The van der Waals surface area contributed by atoms with Gasteiger partial charge in [0, 0.05) is 29.0 Å². The van der Waals surface area contributed by atoms with E-state index in [1.165, 1.54) is 5.56 Å². The highest BCUT2D eigenvalue weighted by molar-refractivity contribution is 6.01. The van der Waals surface area contributed by atoms with Gasteiger partial charge in [0.1, 0.15) is 11.4 Å². The first kappa shape index (κ1) is 17.0. The van der Waals surface area contributed by atoms with Gasteiger partial charge in [0.2, 0.25) is 0 Å². The number of carbonyl (C=O) groups is 1. The van der Waals surface area contributed by atoms with Gasteiger partial charge in [0.05, 0.1) is 7.11 Å². The molecule has 0 bridgehead atoms. The summed E-state index contributed by atoms with van der Waals surface area (Å²) in [5, 5.41) is 7.55. The largest absolute Gasteiger partial charge is 0.497 e. The summed E-state index contributed by atoms with van der Waals surface area (Å²) >= 11 is 0. The second kappa shape index (κ2) is 6.48. The molecule has 0 amide bonds. The van der Waals surface area contributed by atoms with Crippen molar-refractivity contribution in [1.82, 2.24) is 10.2 Å². The number of aromatic amines is 1. The number of nitrogens with one attached hydrogen (secondary N) is 1. The molecule has 4 heteroatoms. The summed E-state index contributed by atoms with van der Waals surface area (Å²) in [7, 11) is 1.69. The molecule has 5 rings (SSSR count). The van der Waals surface area contributed by atoms with Gasteiger partial charge in [-0.3, -0.25) is 9.89 Å². The van der Waals surface area contributed by atoms with E-state index < -0.39 is 0 Å². The minimum Gasteiger partial charge on any atom is -0.497 e. The van der Waals surface area contributed by atoms with E-state index in [9.17, 15) is 4.79 Å². The van der Waals surface area contributed by atoms with E-state index in [0.29, 0.717) is 5.69 Å². The Balaban J connectivity index is 1.64. The Morgan fingerprint density at radius 1 is 1.11 bits per heavy atom. The molecule has 3 aromatic rings. The molecule has 2 aliphatic rings. The molecule has 0 radical (unpaired) electrons. The predicted molar refractivity (Wildman–Crippen MR) is 109 cm³/mol. The van der Waals surface area contributed by atoms with E-state index in [0.717, 1.165) is 41.8 Å². The zero-order chi connectivity index (χ0) is 19.1. The average molecular weight is 370 g/mol. The number of benzene rings is 2. The maximum atomic E-state index is 12.6. The van der Waals surface area contributed by atoms with Crippen LogP contribution >= 0.6 is 0 Å². The van der Waals surface area contributed by atoms with Crippen molar-refractivity contribution in [1.29, 1.82) is 0 Å². The van der Waals surface area contributed by atoms with Crippen molar-refractivity contribution in [3.63, 3.8) is 0 Å². The molecule has 1 aromatic heterocycles. The maximum absolute atomic E-state index is 12.6. The number of ether oxygens (including phenoxy) is 1. The first-order valence-electron chi connectivity index (χ1n) is 9.72. The first-order valence-corrected chi connectivity index (χ1v) is 9.72. The number of aromatic nitrogens is 2. The monoisotopic (exact) mass is 370 g/mol. The molecule has 1 atom stereocenters. The number of fused-ring (bicyclic) bond motifs is 1. The molecule has 1 N–H and O–H groups in total. The van der Waals surface area contributed by atoms with Gasteiger partial charge in [0.15, 0.2) is 5.78 Å². The maximum Gasteiger partial charge on any atom is 0.186 e. The summed E-state index contributed by atoms with van der Waals surface area (Å²) in [6, 6.07) is 18.7. The average Bonchev–Trinajstić information content (AvgIpc) is 3.53. The van der Waals surface area contributed by atoms with Gasteiger partial charge in [-0.15, -0.1) is 0 Å². The fraction of sp³-hybridized carbons (Fsp3) is 0.250. The third-order valence-corrected chi connectivity index (χ3v) is 5.93. The molecule has 1 saturated carbocycles. The van der Waals surface area contributed by atoms with Gasteiger partial charge in [-0.05, 0) is 36.1 Å². The zero-order valence-corrected chi connectivity index (χ0v) is 15.8. The molecule has 0 aliphatic heterocycles. The lowest BCUT2D eigenvalue weighted by atomic mass is 9.68. The van der Waals surface area contributed by atoms with Gasteiger partial charge in [-0.2, -0.15) is 5.10 Å². The molecule has 28 heavy (non-hydrogen) atoms. The Labute approximate surface area is 164 Å². The minimum absolute atomic E-state index is 0.167. The van der Waals surface area contributed by atoms with Crippen LogP contribution < -0.4 is 4.74 Å². The molecule has 2 aromatic carbocycles. The molecule has 140 valence electrons. The van der Waals surface area contributed by atoms with Gasteiger partial charge >= 0.3 is 0 Å². The number of carbonyl (C=O) groups excluding carboxylic acids is 1. The number of hydrogen-bond acceptors (Lipinski definition) is 3. The van der Waals surface area contributed by atoms with Gasteiger partial charge in [-0.25, -0.2) is 0 Å². The van der Waals surface area contributed by atoms with Crippen molar-refractivity contribution in [3.05, 3.63) is 88.8 Å². The Morgan fingerprint density at radius 3 is 2.64 bits per heavy atom. The third kappa shape index (κ3) is 2.68. The fourth-order valence-electron chi connectivity index (χ4n) is 4.19. The van der Waals surface area contributed by atoms with E-state index in [1.807, 2.05) is 18.2 Å². The first-order chi connectivity index (χ1) is 13.7. The van der Waals surface area contributed by atoms with Crippen LogP contribution in [-0.4, -0.2) is 23.1 Å². The van der Waals surface area contributed by atoms with E-state index >= 15 is 0 Å². The van der Waals surface area contributed by atoms with E-state index in [2.05, 4.69) is 58.7 Å². The number of methoxy groups -OCH3 is 1. The number of hydrogen-bond donors (Lipinski definition) is 1. The van der Waals surface area contributed by atoms with Crippen molar-refractivity contribution in [2.24, 2.45) is 5.92 Å². The molecule has 1 heterocycles. The summed E-state index contributed by atoms with van der Waals surface area (Å²) in [6.07, 6.45) is 6.99. The molecule has 0 saturated heterocycles. The molecule has 1 fully saturated rings. The lowest BCUT2D eigenvalue weighted by molar-refractivity contribution is 0.0962. The zero-order valence-electron chi connectivity index (χ0n) is 15.8. The normalized spacial score (nSPS) is 20.6. The Hall–Kier alpha value is -3.14. The molecule has 1 unspecified atom stereocenters. The van der Waals surface area contributed by atoms with E-state index in [-0.39, 0.29) is 17.1 Å². The second-order valence-corrected chi connectivity index (χ2v) is 7.68. The summed E-state index contributed by atoms with van der Waals surface area (Å²) in [5.74, 6) is 1.18. The standard InChI is InChI=1S/C24H22N2O2/c1-28-19-9-5-8-18(14-19)24(17-6-3-2-4-7-17)13-12-20-21(15-24)25-26-22(20)23(27)16-10-11-16/h2-9,12-14,16H,10-11,15H2,1H3,(H,25,26). The second-order valence-electron chi connectivity index (χ2n) is 7.68. The molecule has 4 nitrogen and oxygen atoms in total. The predicted octanol–water partition coefficient (Wildman–Crippen LogP) is 4.57. The Morgan fingerprint density at radius 2 is 1.89 bits per heavy atom. The Kier molecular flexibility index (Phi) is 3.93. The lowest BCUT2D eigenvalue weighted by Gasteiger charge is -2.34. The van der Waals surface area contributed by atoms with Crippen LogP contribution in [0.15, 0.2) is 60.7 Å². The minimum atomic E-state index is -0.338. The number of nitrogens with zero attached hydrogens (tertiary/aromatic N) is 1. The number of H-pyrrole nitrogens is 1. The van der Waals surface area contributed by atoms with Crippen molar-refractivity contribution in [2.75, 3.05) is 7.11 Å². The molecular weight excluding hydrogens is 348 g/mol. The van der Waals surface area contributed by atoms with E-state index in [1.54, 1.807) is 7.11 Å². The Bertz CT molecular complexity index is 1060.